The predicted molar refractivity (Wildman–Crippen MR) is 74.3 cm³/mol. The van der Waals surface area contributed by atoms with E-state index in [0.717, 1.165) is 25.7 Å². The van der Waals surface area contributed by atoms with Crippen LogP contribution >= 0.6 is 23.2 Å². The largest absolute Gasteiger partial charge is 0.292 e. The van der Waals surface area contributed by atoms with Gasteiger partial charge in [-0.15, -0.1) is 0 Å². The average Bonchev–Trinajstić information content (AvgIpc) is 2.38. The van der Waals surface area contributed by atoms with Crippen molar-refractivity contribution in [3.63, 3.8) is 0 Å². The number of rotatable bonds is 3. The third-order valence-corrected chi connectivity index (χ3v) is 4.31. The average molecular weight is 286 g/mol. The van der Waals surface area contributed by atoms with Gasteiger partial charge in [0.1, 0.15) is 5.69 Å². The monoisotopic (exact) mass is 285 g/mol. The molecule has 0 amide bonds. The lowest BCUT2D eigenvalue weighted by Crippen LogP contribution is -2.27. The molecular weight excluding hydrogens is 269 g/mol. The smallest absolute Gasteiger partial charge is 0.186 e. The first-order valence-corrected chi connectivity index (χ1v) is 7.24. The Morgan fingerprint density at radius 1 is 1.39 bits per heavy atom. The molecule has 0 spiro atoms. The van der Waals surface area contributed by atoms with E-state index in [1.807, 2.05) is 0 Å². The molecule has 2 nitrogen and oxygen atoms in total. The van der Waals surface area contributed by atoms with Crippen LogP contribution in [0.5, 0.6) is 0 Å². The number of carbonyl (C=O) groups is 1. The maximum Gasteiger partial charge on any atom is 0.186 e. The molecule has 4 heteroatoms. The van der Waals surface area contributed by atoms with Crippen molar-refractivity contribution in [2.75, 3.05) is 0 Å². The third-order valence-electron chi connectivity index (χ3n) is 3.81. The Hall–Kier alpha value is -0.600. The highest BCUT2D eigenvalue weighted by Gasteiger charge is 2.31. The molecule has 0 aromatic carbocycles. The molecule has 18 heavy (non-hydrogen) atoms. The third kappa shape index (κ3) is 2.86. The van der Waals surface area contributed by atoms with Crippen molar-refractivity contribution in [1.82, 2.24) is 4.98 Å². The summed E-state index contributed by atoms with van der Waals surface area (Å²) < 4.78 is 0. The summed E-state index contributed by atoms with van der Waals surface area (Å²) in [6, 6.07) is 1.59. The first kappa shape index (κ1) is 13.8. The summed E-state index contributed by atoms with van der Waals surface area (Å²) in [5, 5.41) is 0.833. The summed E-state index contributed by atoms with van der Waals surface area (Å²) in [5.41, 5.74) is 0.381. The van der Waals surface area contributed by atoms with E-state index in [1.165, 1.54) is 12.6 Å². The molecule has 0 radical (unpaired) electrons. The Balaban J connectivity index is 2.24. The summed E-state index contributed by atoms with van der Waals surface area (Å²) in [4.78, 5) is 16.6. The molecular formula is C14H17Cl2NO. The molecule has 1 heterocycles. The highest BCUT2D eigenvalue weighted by atomic mass is 35.5. The molecule has 0 saturated heterocycles. The molecule has 1 fully saturated rings. The number of Topliss-reactive ketones (excluding diaryl/α,β-unsaturated/α-hetero) is 1. The minimum atomic E-state index is 0.0786. The van der Waals surface area contributed by atoms with Crippen molar-refractivity contribution in [1.29, 1.82) is 0 Å². The number of carbonyl (C=O) groups excluding carboxylic acids is 1. The molecule has 1 aromatic rings. The normalized spacial score (nSPS) is 23.9. The summed E-state index contributed by atoms with van der Waals surface area (Å²) in [6.07, 6.45) is 6.98. The van der Waals surface area contributed by atoms with Gasteiger partial charge in [-0.25, -0.2) is 4.98 Å². The second-order valence-electron chi connectivity index (χ2n) is 4.91. The molecule has 2 rings (SSSR count). The Morgan fingerprint density at radius 2 is 2.11 bits per heavy atom. The molecule has 1 saturated carbocycles. The second-order valence-corrected chi connectivity index (χ2v) is 5.75. The molecule has 0 bridgehead atoms. The number of pyridine rings is 1. The van der Waals surface area contributed by atoms with Crippen LogP contribution in [0.1, 0.15) is 49.5 Å². The van der Waals surface area contributed by atoms with Gasteiger partial charge >= 0.3 is 0 Å². The Morgan fingerprint density at radius 3 is 2.78 bits per heavy atom. The molecule has 98 valence electrons. The minimum absolute atomic E-state index is 0.0786. The van der Waals surface area contributed by atoms with Crippen molar-refractivity contribution < 1.29 is 4.79 Å². The van der Waals surface area contributed by atoms with Crippen LogP contribution in [0, 0.1) is 11.8 Å². The first-order chi connectivity index (χ1) is 8.63. The van der Waals surface area contributed by atoms with Crippen molar-refractivity contribution in [2.24, 2.45) is 11.8 Å². The van der Waals surface area contributed by atoms with Crippen LogP contribution in [0.4, 0.5) is 0 Å². The van der Waals surface area contributed by atoms with E-state index >= 15 is 0 Å². The predicted octanol–water partition coefficient (Wildman–Crippen LogP) is 4.79. The summed E-state index contributed by atoms with van der Waals surface area (Å²) in [6.45, 7) is 2.15. The van der Waals surface area contributed by atoms with E-state index in [-0.39, 0.29) is 11.7 Å². The lowest BCUT2D eigenvalue weighted by Gasteiger charge is -2.29. The first-order valence-electron chi connectivity index (χ1n) is 6.48. The number of hydrogen-bond acceptors (Lipinski definition) is 2. The van der Waals surface area contributed by atoms with Gasteiger partial charge in [0, 0.05) is 12.1 Å². The lowest BCUT2D eigenvalue weighted by atomic mass is 9.75. The van der Waals surface area contributed by atoms with E-state index in [1.54, 1.807) is 6.07 Å². The van der Waals surface area contributed by atoms with Crippen LogP contribution in [-0.2, 0) is 0 Å². The fourth-order valence-corrected chi connectivity index (χ4v) is 3.29. The van der Waals surface area contributed by atoms with Gasteiger partial charge in [0.15, 0.2) is 5.78 Å². The Kier molecular flexibility index (Phi) is 4.63. The summed E-state index contributed by atoms with van der Waals surface area (Å²) in [7, 11) is 0. The van der Waals surface area contributed by atoms with Gasteiger partial charge in [-0.2, -0.15) is 0 Å². The maximum absolute atomic E-state index is 12.5. The van der Waals surface area contributed by atoms with Crippen molar-refractivity contribution in [3.8, 4) is 0 Å². The molecule has 1 aliphatic carbocycles. The highest BCUT2D eigenvalue weighted by Crippen LogP contribution is 2.35. The standard InChI is InChI=1S/C14H17Cl2NO/c1-2-9-5-3-4-6-11(9)14(18)13-12(16)7-10(15)8-17-13/h7-9,11H,2-6H2,1H3. The van der Waals surface area contributed by atoms with Gasteiger partial charge < -0.3 is 0 Å². The number of nitrogens with zero attached hydrogens (tertiary/aromatic N) is 1. The molecule has 0 aliphatic heterocycles. The van der Waals surface area contributed by atoms with Crippen LogP contribution in [0.15, 0.2) is 12.3 Å². The molecule has 0 N–H and O–H groups in total. The highest BCUT2D eigenvalue weighted by molar-refractivity contribution is 6.36. The fourth-order valence-electron chi connectivity index (χ4n) is 2.81. The van der Waals surface area contributed by atoms with Gasteiger partial charge in [-0.05, 0) is 24.8 Å². The van der Waals surface area contributed by atoms with Crippen LogP contribution < -0.4 is 0 Å². The zero-order valence-electron chi connectivity index (χ0n) is 10.5. The van der Waals surface area contributed by atoms with Crippen LogP contribution in [0.25, 0.3) is 0 Å². The zero-order chi connectivity index (χ0) is 13.1. The van der Waals surface area contributed by atoms with Gasteiger partial charge in [0.05, 0.1) is 10.0 Å². The molecule has 1 aliphatic rings. The summed E-state index contributed by atoms with van der Waals surface area (Å²) in [5.74, 6) is 0.637. The van der Waals surface area contributed by atoms with Crippen molar-refractivity contribution in [3.05, 3.63) is 28.0 Å². The molecule has 2 atom stereocenters. The van der Waals surface area contributed by atoms with Crippen molar-refractivity contribution >= 4 is 29.0 Å². The minimum Gasteiger partial charge on any atom is -0.292 e. The Labute approximate surface area is 118 Å². The lowest BCUT2D eigenvalue weighted by molar-refractivity contribution is 0.0815. The van der Waals surface area contributed by atoms with Crippen molar-refractivity contribution in [2.45, 2.75) is 39.0 Å². The van der Waals surface area contributed by atoms with Crippen LogP contribution in [-0.4, -0.2) is 10.8 Å². The number of hydrogen-bond donors (Lipinski definition) is 0. The SMILES string of the molecule is CCC1CCCCC1C(=O)c1ncc(Cl)cc1Cl. The fraction of sp³-hybridized carbons (Fsp3) is 0.571. The van der Waals surface area contributed by atoms with E-state index in [4.69, 9.17) is 23.2 Å². The van der Waals surface area contributed by atoms with Gasteiger partial charge in [0.2, 0.25) is 0 Å². The van der Waals surface area contributed by atoms with E-state index in [9.17, 15) is 4.79 Å². The summed E-state index contributed by atoms with van der Waals surface area (Å²) >= 11 is 11.9. The number of aromatic nitrogens is 1. The van der Waals surface area contributed by atoms with Crippen LogP contribution in [0.2, 0.25) is 10.0 Å². The van der Waals surface area contributed by atoms with E-state index < -0.39 is 0 Å². The number of halogens is 2. The van der Waals surface area contributed by atoms with Gasteiger partial charge in [0.25, 0.3) is 0 Å². The maximum atomic E-state index is 12.5. The van der Waals surface area contributed by atoms with E-state index in [0.29, 0.717) is 21.7 Å². The topological polar surface area (TPSA) is 30.0 Å². The quantitative estimate of drug-likeness (QED) is 0.748. The van der Waals surface area contributed by atoms with E-state index in [2.05, 4.69) is 11.9 Å². The van der Waals surface area contributed by atoms with Gasteiger partial charge in [-0.1, -0.05) is 49.4 Å². The second kappa shape index (κ2) is 6.03. The molecule has 1 aromatic heterocycles. The van der Waals surface area contributed by atoms with Gasteiger partial charge in [-0.3, -0.25) is 4.79 Å². The zero-order valence-corrected chi connectivity index (χ0v) is 12.0. The number of ketones is 1. The van der Waals surface area contributed by atoms with Crippen LogP contribution in [0.3, 0.4) is 0 Å². The molecule has 2 unspecified atom stereocenters. The Bertz CT molecular complexity index is 447.